The van der Waals surface area contributed by atoms with E-state index in [0.29, 0.717) is 26.8 Å². The molecule has 2 fully saturated rings. The second kappa shape index (κ2) is 7.62. The van der Waals surface area contributed by atoms with Crippen LogP contribution in [0.3, 0.4) is 0 Å². The van der Waals surface area contributed by atoms with E-state index in [9.17, 15) is 24.4 Å². The van der Waals surface area contributed by atoms with Crippen LogP contribution in [-0.2, 0) is 37.6 Å². The van der Waals surface area contributed by atoms with Gasteiger partial charge in [0.05, 0.1) is 17.7 Å². The maximum Gasteiger partial charge on any atom is 0.291 e. The fraction of sp³-hybridized carbons (Fsp3) is 0.375. The molecule has 35 heavy (non-hydrogen) atoms. The maximum atomic E-state index is 14.1. The Balaban J connectivity index is 1.53. The highest BCUT2D eigenvalue weighted by Crippen LogP contribution is 2.52. The van der Waals surface area contributed by atoms with Gasteiger partial charge in [0.2, 0.25) is 23.3 Å². The van der Waals surface area contributed by atoms with Gasteiger partial charge in [0, 0.05) is 15.5 Å². The maximum absolute atomic E-state index is 14.1. The fourth-order valence-electron chi connectivity index (χ4n) is 6.38. The van der Waals surface area contributed by atoms with Crippen LogP contribution in [0, 0.1) is 23.2 Å². The molecule has 0 radical (unpaired) electrons. The molecule has 1 aromatic carbocycles. The first-order chi connectivity index (χ1) is 16.8. The van der Waals surface area contributed by atoms with Gasteiger partial charge in [-0.1, -0.05) is 11.6 Å². The van der Waals surface area contributed by atoms with E-state index < -0.39 is 47.0 Å². The number of hydrogen-bond donors (Lipinski definition) is 3. The summed E-state index contributed by atoms with van der Waals surface area (Å²) in [5.41, 5.74) is 6.32. The van der Waals surface area contributed by atoms with Crippen molar-refractivity contribution in [1.29, 1.82) is 5.26 Å². The van der Waals surface area contributed by atoms with Gasteiger partial charge in [0.15, 0.2) is 0 Å². The number of fused-ring (bicyclic) bond motifs is 5. The Kier molecular flexibility index (Phi) is 4.84. The van der Waals surface area contributed by atoms with Gasteiger partial charge in [0.25, 0.3) is 5.91 Å². The minimum atomic E-state index is -1.46. The molecule has 1 spiro atoms. The van der Waals surface area contributed by atoms with Crippen LogP contribution >= 0.6 is 22.9 Å². The van der Waals surface area contributed by atoms with Gasteiger partial charge in [0.1, 0.15) is 28.9 Å². The van der Waals surface area contributed by atoms with Crippen molar-refractivity contribution in [3.05, 3.63) is 44.8 Å². The molecule has 4 aliphatic rings. The molecule has 5 N–H and O–H groups in total. The van der Waals surface area contributed by atoms with Crippen LogP contribution < -0.4 is 21.3 Å². The summed E-state index contributed by atoms with van der Waals surface area (Å²) < 4.78 is 0. The second-order valence-corrected chi connectivity index (χ2v) is 11.1. The molecule has 0 unspecified atom stereocenters. The molecule has 3 aliphatic heterocycles. The first-order valence-electron chi connectivity index (χ1n) is 11.5. The number of benzene rings is 1. The van der Waals surface area contributed by atoms with Gasteiger partial charge in [-0.25, -0.2) is 4.90 Å². The molecule has 4 heterocycles. The van der Waals surface area contributed by atoms with E-state index in [1.807, 2.05) is 0 Å². The van der Waals surface area contributed by atoms with Crippen LogP contribution in [0.5, 0.6) is 0 Å². The van der Waals surface area contributed by atoms with Gasteiger partial charge >= 0.3 is 0 Å². The SMILES string of the molecule is N#Cc1c(N2C(=O)[C@@H]3[C@H](CC(N)=O)[NH2+][C@]4(C(=O)Nc5ccc(Cl)cc54)[C@@H]3C2=O)sc2c1CCCC2. The summed E-state index contributed by atoms with van der Waals surface area (Å²) in [6, 6.07) is 6.42. The number of carbonyl (C=O) groups excluding carboxylic acids is 4. The number of nitriles is 1. The van der Waals surface area contributed by atoms with Crippen LogP contribution in [0.2, 0.25) is 5.02 Å². The van der Waals surface area contributed by atoms with Crippen LogP contribution in [-0.4, -0.2) is 29.7 Å². The number of primary amides is 1. The van der Waals surface area contributed by atoms with Crippen LogP contribution in [0.4, 0.5) is 10.7 Å². The van der Waals surface area contributed by atoms with Crippen LogP contribution in [0.1, 0.15) is 40.8 Å². The topological polar surface area (TPSA) is 150 Å². The Labute approximate surface area is 209 Å². The van der Waals surface area contributed by atoms with E-state index >= 15 is 0 Å². The molecular formula is C24H21ClN5O4S+. The Hall–Kier alpha value is -3.26. The summed E-state index contributed by atoms with van der Waals surface area (Å²) in [6.07, 6.45) is 3.29. The number of anilines is 2. The van der Waals surface area contributed by atoms with Crippen LogP contribution in [0.15, 0.2) is 18.2 Å². The number of carbonyl (C=O) groups is 4. The summed E-state index contributed by atoms with van der Waals surface area (Å²) >= 11 is 7.56. The van der Waals surface area contributed by atoms with Crippen molar-refractivity contribution < 1.29 is 24.5 Å². The zero-order valence-corrected chi connectivity index (χ0v) is 20.0. The summed E-state index contributed by atoms with van der Waals surface area (Å²) in [5, 5.41) is 15.1. The number of nitrogens with two attached hydrogens (primary N) is 2. The number of nitrogens with one attached hydrogen (secondary N) is 1. The lowest BCUT2D eigenvalue weighted by molar-refractivity contribution is -0.732. The van der Waals surface area contributed by atoms with Crippen molar-refractivity contribution in [1.82, 2.24) is 0 Å². The number of rotatable bonds is 3. The minimum Gasteiger partial charge on any atom is -0.369 e. The summed E-state index contributed by atoms with van der Waals surface area (Å²) in [4.78, 5) is 55.5. The van der Waals surface area contributed by atoms with Crippen molar-refractivity contribution in [2.75, 3.05) is 10.2 Å². The predicted octanol–water partition coefficient (Wildman–Crippen LogP) is 0.926. The van der Waals surface area contributed by atoms with Gasteiger partial charge in [-0.3, -0.25) is 19.2 Å². The largest absolute Gasteiger partial charge is 0.369 e. The lowest BCUT2D eigenvalue weighted by Gasteiger charge is -2.26. The van der Waals surface area contributed by atoms with Crippen molar-refractivity contribution in [3.63, 3.8) is 0 Å². The average Bonchev–Trinajstić information content (AvgIpc) is 3.50. The lowest BCUT2D eigenvalue weighted by atomic mass is 9.76. The monoisotopic (exact) mass is 510 g/mol. The van der Waals surface area contributed by atoms with Gasteiger partial charge in [-0.05, 0) is 49.4 Å². The molecule has 178 valence electrons. The Morgan fingerprint density at radius 3 is 2.80 bits per heavy atom. The number of thiophene rings is 1. The third-order valence-electron chi connectivity index (χ3n) is 7.74. The molecule has 6 rings (SSSR count). The van der Waals surface area contributed by atoms with Crippen molar-refractivity contribution in [3.8, 4) is 6.07 Å². The molecule has 0 saturated carbocycles. The molecular weight excluding hydrogens is 490 g/mol. The van der Waals surface area contributed by atoms with E-state index in [1.165, 1.54) is 11.3 Å². The van der Waals surface area contributed by atoms with Crippen molar-refractivity contribution in [2.24, 2.45) is 17.6 Å². The standard InChI is InChI=1S/C24H20ClN5O4S/c25-10-5-6-14-13(7-10)24(23(34)28-14)19-18(15(29-24)8-17(27)31)20(32)30(21(19)33)22-12(9-26)11-3-1-2-4-16(11)35-22/h5-7,15,18-19,29H,1-4,8H2,(H2,27,31)(H,28,34)/p+1/t15-,18+,19-,24-/m0/s1. The highest BCUT2D eigenvalue weighted by atomic mass is 35.5. The molecule has 9 nitrogen and oxygen atoms in total. The molecule has 2 aromatic rings. The number of imide groups is 1. The van der Waals surface area contributed by atoms with Crippen molar-refractivity contribution in [2.45, 2.75) is 43.7 Å². The number of aryl methyl sites for hydroxylation is 1. The number of hydrogen-bond acceptors (Lipinski definition) is 6. The number of halogens is 1. The van der Waals surface area contributed by atoms with E-state index in [1.54, 1.807) is 23.5 Å². The van der Waals surface area contributed by atoms with E-state index in [4.69, 9.17) is 17.3 Å². The summed E-state index contributed by atoms with van der Waals surface area (Å²) in [5.74, 6) is -4.12. The molecule has 2 saturated heterocycles. The number of nitrogens with zero attached hydrogens (tertiary/aromatic N) is 2. The zero-order chi connectivity index (χ0) is 24.6. The number of quaternary nitrogens is 1. The van der Waals surface area contributed by atoms with Gasteiger partial charge < -0.3 is 16.4 Å². The van der Waals surface area contributed by atoms with E-state index in [2.05, 4.69) is 11.4 Å². The quantitative estimate of drug-likeness (QED) is 0.525. The van der Waals surface area contributed by atoms with Crippen molar-refractivity contribution >= 4 is 57.3 Å². The summed E-state index contributed by atoms with van der Waals surface area (Å²) in [7, 11) is 0. The third kappa shape index (κ3) is 2.89. The normalized spacial score (nSPS) is 28.6. The Morgan fingerprint density at radius 2 is 2.06 bits per heavy atom. The molecule has 0 bridgehead atoms. The second-order valence-electron chi connectivity index (χ2n) is 9.53. The van der Waals surface area contributed by atoms with Gasteiger partial charge in [-0.15, -0.1) is 11.3 Å². The van der Waals surface area contributed by atoms with Crippen LogP contribution in [0.25, 0.3) is 0 Å². The molecule has 11 heteroatoms. The Morgan fingerprint density at radius 1 is 1.29 bits per heavy atom. The molecule has 1 aliphatic carbocycles. The fourth-order valence-corrected chi connectivity index (χ4v) is 7.90. The van der Waals surface area contributed by atoms with Gasteiger partial charge in [-0.2, -0.15) is 5.26 Å². The zero-order valence-electron chi connectivity index (χ0n) is 18.5. The summed E-state index contributed by atoms with van der Waals surface area (Å²) in [6.45, 7) is 0. The smallest absolute Gasteiger partial charge is 0.291 e. The first-order valence-corrected chi connectivity index (χ1v) is 12.7. The third-order valence-corrected chi connectivity index (χ3v) is 9.25. The Bertz CT molecular complexity index is 1400. The average molecular weight is 511 g/mol. The highest BCUT2D eigenvalue weighted by molar-refractivity contribution is 7.17. The molecule has 4 atom stereocenters. The van der Waals surface area contributed by atoms with E-state index in [-0.39, 0.29) is 6.42 Å². The van der Waals surface area contributed by atoms with E-state index in [0.717, 1.165) is 41.0 Å². The first kappa shape index (κ1) is 22.2. The highest BCUT2D eigenvalue weighted by Gasteiger charge is 2.74. The lowest BCUT2D eigenvalue weighted by Crippen LogP contribution is -2.99. The molecule has 1 aromatic heterocycles. The predicted molar refractivity (Wildman–Crippen MR) is 126 cm³/mol. The molecule has 4 amide bonds. The minimum absolute atomic E-state index is 0.176. The number of amides is 4.